The van der Waals surface area contributed by atoms with Crippen molar-refractivity contribution in [3.8, 4) is 5.75 Å². The average Bonchev–Trinajstić information content (AvgIpc) is 2.35. The molecule has 1 atom stereocenters. The van der Waals surface area contributed by atoms with E-state index >= 15 is 0 Å². The molecule has 0 N–H and O–H groups in total. The summed E-state index contributed by atoms with van der Waals surface area (Å²) in [5.74, 6) is -0.213. The highest BCUT2D eigenvalue weighted by molar-refractivity contribution is 6.02. The van der Waals surface area contributed by atoms with Gasteiger partial charge < -0.3 is 9.47 Å². The second-order valence-corrected chi connectivity index (χ2v) is 6.49. The van der Waals surface area contributed by atoms with Gasteiger partial charge in [0.15, 0.2) is 5.41 Å². The van der Waals surface area contributed by atoms with Gasteiger partial charge >= 0.3 is 5.97 Å². The van der Waals surface area contributed by atoms with E-state index in [4.69, 9.17) is 9.47 Å². The highest BCUT2D eigenvalue weighted by Crippen LogP contribution is 2.25. The molecule has 0 radical (unpaired) electrons. The number of ketones is 1. The molecule has 4 heteroatoms. The van der Waals surface area contributed by atoms with Gasteiger partial charge in [-0.15, -0.1) is 0 Å². The Labute approximate surface area is 126 Å². The molecule has 0 aliphatic carbocycles. The van der Waals surface area contributed by atoms with Crippen LogP contribution in [0.4, 0.5) is 0 Å². The number of rotatable bonds is 5. The van der Waals surface area contributed by atoms with Crippen LogP contribution < -0.4 is 4.74 Å². The second kappa shape index (κ2) is 6.29. The first-order chi connectivity index (χ1) is 9.54. The highest BCUT2D eigenvalue weighted by atomic mass is 16.6. The Kier molecular flexibility index (Phi) is 5.15. The second-order valence-electron chi connectivity index (χ2n) is 6.49. The van der Waals surface area contributed by atoms with Crippen molar-refractivity contribution >= 4 is 11.8 Å². The molecular formula is C17H24O4. The predicted octanol–water partition coefficient (Wildman–Crippen LogP) is 3.31. The van der Waals surface area contributed by atoms with E-state index in [0.29, 0.717) is 5.75 Å². The van der Waals surface area contributed by atoms with Crippen LogP contribution in [0.5, 0.6) is 5.75 Å². The van der Waals surface area contributed by atoms with Crippen molar-refractivity contribution < 1.29 is 19.1 Å². The maximum absolute atomic E-state index is 12.3. The Morgan fingerprint density at radius 2 is 1.57 bits per heavy atom. The number of hydrogen-bond acceptors (Lipinski definition) is 4. The summed E-state index contributed by atoms with van der Waals surface area (Å²) in [6.07, 6.45) is 0. The van der Waals surface area contributed by atoms with Crippen molar-refractivity contribution in [1.29, 1.82) is 0 Å². The first-order valence-corrected chi connectivity index (χ1v) is 6.98. The first kappa shape index (κ1) is 17.2. The molecular weight excluding hydrogens is 268 g/mol. The van der Waals surface area contributed by atoms with Crippen molar-refractivity contribution in [3.05, 3.63) is 29.8 Å². The summed E-state index contributed by atoms with van der Waals surface area (Å²) < 4.78 is 10.9. The van der Waals surface area contributed by atoms with Crippen LogP contribution in [0, 0.1) is 12.3 Å². The summed E-state index contributed by atoms with van der Waals surface area (Å²) in [7, 11) is 0. The van der Waals surface area contributed by atoms with Gasteiger partial charge in [-0.05, 0) is 53.7 Å². The van der Waals surface area contributed by atoms with E-state index in [-0.39, 0.29) is 12.4 Å². The van der Waals surface area contributed by atoms with Crippen LogP contribution in [0.25, 0.3) is 0 Å². The summed E-state index contributed by atoms with van der Waals surface area (Å²) >= 11 is 0. The number of ether oxygens (including phenoxy) is 2. The average molecular weight is 292 g/mol. The monoisotopic (exact) mass is 292 g/mol. The number of benzene rings is 1. The molecule has 0 aliphatic heterocycles. The van der Waals surface area contributed by atoms with Gasteiger partial charge in [-0.2, -0.15) is 0 Å². The fourth-order valence-electron chi connectivity index (χ4n) is 1.56. The largest absolute Gasteiger partial charge is 0.492 e. The Morgan fingerprint density at radius 3 is 2.00 bits per heavy atom. The lowest BCUT2D eigenvalue weighted by Gasteiger charge is -2.29. The Bertz CT molecular complexity index is 511. The molecule has 0 saturated carbocycles. The number of aryl methyl sites for hydroxylation is 1. The molecule has 0 heterocycles. The molecule has 0 amide bonds. The third-order valence-electron chi connectivity index (χ3n) is 3.17. The Hall–Kier alpha value is -1.84. The highest BCUT2D eigenvalue weighted by Gasteiger charge is 2.42. The topological polar surface area (TPSA) is 52.6 Å². The quantitative estimate of drug-likeness (QED) is 0.617. The van der Waals surface area contributed by atoms with Gasteiger partial charge in [0.2, 0.25) is 0 Å². The molecule has 21 heavy (non-hydrogen) atoms. The van der Waals surface area contributed by atoms with E-state index in [2.05, 4.69) is 0 Å². The van der Waals surface area contributed by atoms with E-state index in [1.165, 1.54) is 6.92 Å². The van der Waals surface area contributed by atoms with E-state index in [9.17, 15) is 9.59 Å². The summed E-state index contributed by atoms with van der Waals surface area (Å²) in [6.45, 7) is 10.2. The Morgan fingerprint density at radius 1 is 1.05 bits per heavy atom. The fraction of sp³-hybridized carbons (Fsp3) is 0.529. The molecule has 1 aromatic carbocycles. The summed E-state index contributed by atoms with van der Waals surface area (Å²) in [4.78, 5) is 24.2. The van der Waals surface area contributed by atoms with Crippen LogP contribution in [-0.4, -0.2) is 24.0 Å². The fourth-order valence-corrected chi connectivity index (χ4v) is 1.56. The van der Waals surface area contributed by atoms with E-state index in [1.54, 1.807) is 27.7 Å². The van der Waals surface area contributed by atoms with Crippen molar-refractivity contribution in [2.75, 3.05) is 6.61 Å². The summed E-state index contributed by atoms with van der Waals surface area (Å²) in [6, 6.07) is 7.44. The molecule has 0 spiro atoms. The standard InChI is InChI=1S/C17H24O4/c1-12-7-9-14(10-8-12)20-11-17(6,13(2)18)15(19)21-16(3,4)5/h7-10H,11H2,1-6H3. The maximum atomic E-state index is 12.3. The molecule has 0 saturated heterocycles. The molecule has 0 fully saturated rings. The zero-order chi connectivity index (χ0) is 16.3. The van der Waals surface area contributed by atoms with Crippen LogP contribution in [-0.2, 0) is 14.3 Å². The van der Waals surface area contributed by atoms with Crippen LogP contribution in [0.3, 0.4) is 0 Å². The molecule has 0 aromatic heterocycles. The molecule has 1 rings (SSSR count). The smallest absolute Gasteiger partial charge is 0.323 e. The van der Waals surface area contributed by atoms with E-state index in [0.717, 1.165) is 5.56 Å². The maximum Gasteiger partial charge on any atom is 0.323 e. The number of hydrogen-bond donors (Lipinski definition) is 0. The number of esters is 1. The minimum absolute atomic E-state index is 0.0414. The van der Waals surface area contributed by atoms with Gasteiger partial charge in [0.1, 0.15) is 23.7 Å². The third kappa shape index (κ3) is 4.88. The lowest BCUT2D eigenvalue weighted by atomic mass is 9.87. The van der Waals surface area contributed by atoms with Gasteiger partial charge in [-0.1, -0.05) is 17.7 Å². The molecule has 1 aromatic rings. The SMILES string of the molecule is CC(=O)C(C)(COc1ccc(C)cc1)C(=O)OC(C)(C)C. The number of Topliss-reactive ketones (excluding diaryl/α,β-unsaturated/α-hetero) is 1. The normalized spacial score (nSPS) is 14.2. The molecule has 116 valence electrons. The lowest BCUT2D eigenvalue weighted by molar-refractivity contribution is -0.170. The summed E-state index contributed by atoms with van der Waals surface area (Å²) in [5, 5.41) is 0. The zero-order valence-electron chi connectivity index (χ0n) is 13.6. The summed E-state index contributed by atoms with van der Waals surface area (Å²) in [5.41, 5.74) is -0.834. The van der Waals surface area contributed by atoms with Gasteiger partial charge in [0.05, 0.1) is 0 Å². The molecule has 1 unspecified atom stereocenters. The van der Waals surface area contributed by atoms with Gasteiger partial charge in [0.25, 0.3) is 0 Å². The van der Waals surface area contributed by atoms with E-state index < -0.39 is 17.0 Å². The molecule has 0 aliphatic rings. The van der Waals surface area contributed by atoms with Crippen LogP contribution >= 0.6 is 0 Å². The van der Waals surface area contributed by atoms with Crippen molar-refractivity contribution in [3.63, 3.8) is 0 Å². The Balaban J connectivity index is 2.83. The minimum atomic E-state index is -1.31. The lowest BCUT2D eigenvalue weighted by Crippen LogP contribution is -2.44. The first-order valence-electron chi connectivity index (χ1n) is 6.98. The molecule has 0 bridgehead atoms. The van der Waals surface area contributed by atoms with Gasteiger partial charge in [-0.25, -0.2) is 0 Å². The number of carbonyl (C=O) groups is 2. The van der Waals surface area contributed by atoms with Crippen LogP contribution in [0.2, 0.25) is 0 Å². The predicted molar refractivity (Wildman–Crippen MR) is 81.3 cm³/mol. The van der Waals surface area contributed by atoms with Crippen molar-refractivity contribution in [2.45, 2.75) is 47.1 Å². The van der Waals surface area contributed by atoms with Gasteiger partial charge in [0, 0.05) is 0 Å². The van der Waals surface area contributed by atoms with Crippen LogP contribution in [0.15, 0.2) is 24.3 Å². The van der Waals surface area contributed by atoms with E-state index in [1.807, 2.05) is 31.2 Å². The molecule has 4 nitrogen and oxygen atoms in total. The minimum Gasteiger partial charge on any atom is -0.492 e. The van der Waals surface area contributed by atoms with Gasteiger partial charge in [-0.3, -0.25) is 9.59 Å². The van der Waals surface area contributed by atoms with Crippen LogP contribution in [0.1, 0.15) is 40.2 Å². The zero-order valence-corrected chi connectivity index (χ0v) is 13.6. The third-order valence-corrected chi connectivity index (χ3v) is 3.17. The number of carbonyl (C=O) groups excluding carboxylic acids is 2. The van der Waals surface area contributed by atoms with Crippen molar-refractivity contribution in [2.24, 2.45) is 5.41 Å². The van der Waals surface area contributed by atoms with Crippen molar-refractivity contribution in [1.82, 2.24) is 0 Å².